The number of nitrogens with zero attached hydrogens (tertiary/aromatic N) is 1. The van der Waals surface area contributed by atoms with Crippen LogP contribution < -0.4 is 5.73 Å². The highest BCUT2D eigenvalue weighted by atomic mass is 79.9. The molecule has 1 heterocycles. The number of hydrogen-bond donors (Lipinski definition) is 1. The zero-order valence-electron chi connectivity index (χ0n) is 4.24. The van der Waals surface area contributed by atoms with Crippen LogP contribution in [0, 0.1) is 0 Å². The van der Waals surface area contributed by atoms with Crippen LogP contribution in [0.3, 0.4) is 0 Å². The van der Waals surface area contributed by atoms with E-state index in [0.717, 1.165) is 5.69 Å². The van der Waals surface area contributed by atoms with Gasteiger partial charge < -0.3 is 5.73 Å². The third kappa shape index (κ3) is 1.93. The van der Waals surface area contributed by atoms with Crippen LogP contribution in [0.25, 0.3) is 0 Å². The highest BCUT2D eigenvalue weighted by Gasteiger charge is 1.73. The van der Waals surface area contributed by atoms with E-state index >= 15 is 0 Å². The van der Waals surface area contributed by atoms with Crippen LogP contribution in [-0.4, -0.2) is 4.98 Å². The maximum Gasteiger partial charge on any atom is 0.0344 e. The Labute approximate surface area is 58.5 Å². The summed E-state index contributed by atoms with van der Waals surface area (Å²) in [6, 6.07) is 3.50. The molecule has 0 radical (unpaired) electrons. The van der Waals surface area contributed by atoms with Gasteiger partial charge in [-0.05, 0) is 12.1 Å². The predicted octanol–water partition coefficient (Wildman–Crippen LogP) is 1.24. The molecule has 2 N–H and O–H groups in total. The summed E-state index contributed by atoms with van der Waals surface area (Å²) in [5, 5.41) is 0. The number of anilines is 1. The summed E-state index contributed by atoms with van der Waals surface area (Å²) in [6.45, 7) is 0. The van der Waals surface area contributed by atoms with E-state index in [9.17, 15) is 0 Å². The lowest BCUT2D eigenvalue weighted by Gasteiger charge is -1.83. The van der Waals surface area contributed by atoms with Crippen molar-refractivity contribution >= 4 is 22.7 Å². The Hall–Kier alpha value is -0.570. The van der Waals surface area contributed by atoms with Gasteiger partial charge in [0, 0.05) is 18.1 Å². The van der Waals surface area contributed by atoms with Crippen LogP contribution in [0.1, 0.15) is 0 Å². The first kappa shape index (κ1) is 7.43. The molecule has 0 fully saturated rings. The predicted molar refractivity (Wildman–Crippen MR) is 39.0 cm³/mol. The van der Waals surface area contributed by atoms with Crippen molar-refractivity contribution in [1.82, 2.24) is 4.98 Å². The van der Waals surface area contributed by atoms with Gasteiger partial charge in [0.05, 0.1) is 0 Å². The normalized spacial score (nSPS) is 7.50. The Morgan fingerprint density at radius 1 is 1.25 bits per heavy atom. The van der Waals surface area contributed by atoms with Gasteiger partial charge in [-0.2, -0.15) is 0 Å². The molecule has 0 aliphatic carbocycles. The van der Waals surface area contributed by atoms with Gasteiger partial charge in [0.2, 0.25) is 0 Å². The molecule has 1 rings (SSSR count). The zero-order valence-corrected chi connectivity index (χ0v) is 5.96. The van der Waals surface area contributed by atoms with Gasteiger partial charge in [-0.25, -0.2) is 0 Å². The molecule has 0 spiro atoms. The second-order valence-electron chi connectivity index (χ2n) is 1.28. The van der Waals surface area contributed by atoms with Crippen LogP contribution in [-0.2, 0) is 0 Å². The smallest absolute Gasteiger partial charge is 0.0344 e. The lowest BCUT2D eigenvalue weighted by atomic mass is 10.4. The van der Waals surface area contributed by atoms with Crippen molar-refractivity contribution in [1.29, 1.82) is 0 Å². The minimum absolute atomic E-state index is 0. The standard InChI is InChI=1S/C5H6N2.BrH/c6-5-1-3-7-4-2-5;/h1-4H,(H2,6,7);1H. The van der Waals surface area contributed by atoms with E-state index in [0.29, 0.717) is 0 Å². The molecule has 0 unspecified atom stereocenters. The monoisotopic (exact) mass is 174 g/mol. The minimum atomic E-state index is 0. The van der Waals surface area contributed by atoms with Crippen molar-refractivity contribution in [3.05, 3.63) is 24.5 Å². The third-order valence-electron chi connectivity index (χ3n) is 0.706. The van der Waals surface area contributed by atoms with Crippen molar-refractivity contribution < 1.29 is 0 Å². The number of rotatable bonds is 0. The van der Waals surface area contributed by atoms with Gasteiger partial charge in [-0.1, -0.05) is 0 Å². The quantitative estimate of drug-likeness (QED) is 0.644. The summed E-state index contributed by atoms with van der Waals surface area (Å²) >= 11 is 0. The molecular weight excluding hydrogens is 168 g/mol. The van der Waals surface area contributed by atoms with E-state index in [1.807, 2.05) is 0 Å². The lowest BCUT2D eigenvalue weighted by Crippen LogP contribution is -1.81. The average Bonchev–Trinajstić information content (AvgIpc) is 1.69. The molecule has 3 heteroatoms. The fraction of sp³-hybridized carbons (Fsp3) is 0. The Balaban J connectivity index is 0.000000490. The van der Waals surface area contributed by atoms with Crippen LogP contribution in [0.5, 0.6) is 0 Å². The average molecular weight is 175 g/mol. The highest BCUT2D eigenvalue weighted by Crippen LogP contribution is 1.92. The maximum absolute atomic E-state index is 5.32. The number of nitrogens with two attached hydrogens (primary N) is 1. The Morgan fingerprint density at radius 3 is 2.00 bits per heavy atom. The zero-order chi connectivity index (χ0) is 5.11. The van der Waals surface area contributed by atoms with Gasteiger partial charge in [-0.15, -0.1) is 17.0 Å². The Morgan fingerprint density at radius 2 is 1.75 bits per heavy atom. The Kier molecular flexibility index (Phi) is 3.19. The Bertz CT molecular complexity index is 140. The molecule has 0 saturated heterocycles. The summed E-state index contributed by atoms with van der Waals surface area (Å²) in [4.78, 5) is 3.77. The van der Waals surface area contributed by atoms with Crippen LogP contribution >= 0.6 is 17.0 Å². The van der Waals surface area contributed by atoms with E-state index in [1.54, 1.807) is 24.5 Å². The SMILES string of the molecule is Br.Nc1ccncc1. The number of aromatic nitrogens is 1. The molecular formula is C5H7BrN2. The van der Waals surface area contributed by atoms with Gasteiger partial charge >= 0.3 is 0 Å². The fourth-order valence-electron chi connectivity index (χ4n) is 0.363. The first-order valence-corrected chi connectivity index (χ1v) is 2.05. The van der Waals surface area contributed by atoms with E-state index in [1.165, 1.54) is 0 Å². The molecule has 1 aromatic rings. The summed E-state index contributed by atoms with van der Waals surface area (Å²) < 4.78 is 0. The van der Waals surface area contributed by atoms with Crippen molar-refractivity contribution in [2.45, 2.75) is 0 Å². The molecule has 2 nitrogen and oxygen atoms in total. The van der Waals surface area contributed by atoms with Gasteiger partial charge in [0.25, 0.3) is 0 Å². The molecule has 1 aromatic heterocycles. The minimum Gasteiger partial charge on any atom is -0.399 e. The van der Waals surface area contributed by atoms with Gasteiger partial charge in [0.15, 0.2) is 0 Å². The van der Waals surface area contributed by atoms with Crippen molar-refractivity contribution in [2.24, 2.45) is 0 Å². The third-order valence-corrected chi connectivity index (χ3v) is 0.706. The number of pyridine rings is 1. The van der Waals surface area contributed by atoms with Crippen molar-refractivity contribution in [2.75, 3.05) is 5.73 Å². The first-order chi connectivity index (χ1) is 3.39. The first-order valence-electron chi connectivity index (χ1n) is 2.05. The lowest BCUT2D eigenvalue weighted by molar-refractivity contribution is 1.33. The van der Waals surface area contributed by atoms with E-state index in [-0.39, 0.29) is 17.0 Å². The largest absolute Gasteiger partial charge is 0.399 e. The molecule has 0 aromatic carbocycles. The molecule has 8 heavy (non-hydrogen) atoms. The maximum atomic E-state index is 5.32. The number of halogens is 1. The molecule has 0 aliphatic heterocycles. The van der Waals surface area contributed by atoms with E-state index in [4.69, 9.17) is 5.73 Å². The summed E-state index contributed by atoms with van der Waals surface area (Å²) in [5.41, 5.74) is 6.08. The second kappa shape index (κ2) is 3.43. The van der Waals surface area contributed by atoms with Crippen LogP contribution in [0.2, 0.25) is 0 Å². The highest BCUT2D eigenvalue weighted by molar-refractivity contribution is 8.93. The molecule has 0 saturated carbocycles. The number of hydrogen-bond acceptors (Lipinski definition) is 2. The summed E-state index contributed by atoms with van der Waals surface area (Å²) in [7, 11) is 0. The number of nitrogen functional groups attached to an aromatic ring is 1. The van der Waals surface area contributed by atoms with Gasteiger partial charge in [0.1, 0.15) is 0 Å². The van der Waals surface area contributed by atoms with Gasteiger partial charge in [-0.3, -0.25) is 4.98 Å². The van der Waals surface area contributed by atoms with Crippen molar-refractivity contribution in [3.8, 4) is 0 Å². The molecule has 0 bridgehead atoms. The molecule has 44 valence electrons. The summed E-state index contributed by atoms with van der Waals surface area (Å²) in [6.07, 6.45) is 3.32. The second-order valence-corrected chi connectivity index (χ2v) is 1.28. The van der Waals surface area contributed by atoms with Crippen molar-refractivity contribution in [3.63, 3.8) is 0 Å². The summed E-state index contributed by atoms with van der Waals surface area (Å²) in [5.74, 6) is 0. The van der Waals surface area contributed by atoms with Crippen LogP contribution in [0.4, 0.5) is 5.69 Å². The molecule has 0 aliphatic rings. The topological polar surface area (TPSA) is 38.9 Å². The fourth-order valence-corrected chi connectivity index (χ4v) is 0.363. The van der Waals surface area contributed by atoms with Crippen LogP contribution in [0.15, 0.2) is 24.5 Å². The van der Waals surface area contributed by atoms with E-state index < -0.39 is 0 Å². The van der Waals surface area contributed by atoms with E-state index in [2.05, 4.69) is 4.98 Å². The molecule has 0 atom stereocenters. The molecule has 0 amide bonds.